The number of carbonyl (C=O) groups excluding carboxylic acids is 1. The summed E-state index contributed by atoms with van der Waals surface area (Å²) >= 11 is 0. The highest BCUT2D eigenvalue weighted by molar-refractivity contribution is 5.85. The predicted octanol–water partition coefficient (Wildman–Crippen LogP) is 3.95. The SMILES string of the molecule is CC.O=CC1CCCN2CCc3c([nH]c4ccccc34)C12.[HH]. The van der Waals surface area contributed by atoms with Crippen LogP contribution in [-0.2, 0) is 11.2 Å². The Morgan fingerprint density at radius 1 is 1.29 bits per heavy atom. The van der Waals surface area contributed by atoms with Gasteiger partial charge in [-0.3, -0.25) is 4.90 Å². The standard InChI is InChI=1S/C16H18N2O.C2H6.H2/c19-10-11-4-3-8-18-9-7-13-12-5-1-2-6-14(12)17-15(13)16(11)18;1-2;/h1-2,5-6,10-11,16-17H,3-4,7-9H2;1-2H3;1H. The van der Waals surface area contributed by atoms with Crippen LogP contribution in [0.1, 0.15) is 45.4 Å². The number of benzene rings is 1. The molecule has 3 heteroatoms. The van der Waals surface area contributed by atoms with Crippen LogP contribution in [0.4, 0.5) is 0 Å². The third-order valence-corrected chi connectivity index (χ3v) is 4.75. The van der Waals surface area contributed by atoms with Gasteiger partial charge in [-0.2, -0.15) is 0 Å². The van der Waals surface area contributed by atoms with E-state index in [1.165, 1.54) is 22.2 Å². The Hall–Kier alpha value is -1.61. The molecule has 1 fully saturated rings. The molecule has 0 saturated carbocycles. The Bertz CT molecular complexity index is 637. The molecule has 21 heavy (non-hydrogen) atoms. The Balaban J connectivity index is 0.000000566. The molecule has 0 radical (unpaired) electrons. The van der Waals surface area contributed by atoms with Gasteiger partial charge in [-0.1, -0.05) is 32.0 Å². The molecule has 2 aromatic rings. The number of hydrogen-bond donors (Lipinski definition) is 1. The third kappa shape index (κ3) is 2.30. The molecule has 0 amide bonds. The topological polar surface area (TPSA) is 36.1 Å². The van der Waals surface area contributed by atoms with Gasteiger partial charge in [0.05, 0.1) is 6.04 Å². The number of nitrogens with one attached hydrogen (secondary N) is 1. The maximum absolute atomic E-state index is 11.4. The number of fused-ring (bicyclic) bond motifs is 5. The van der Waals surface area contributed by atoms with Crippen LogP contribution < -0.4 is 0 Å². The number of piperidine rings is 1. The van der Waals surface area contributed by atoms with Gasteiger partial charge in [0.2, 0.25) is 0 Å². The summed E-state index contributed by atoms with van der Waals surface area (Å²) in [6.45, 7) is 6.22. The van der Waals surface area contributed by atoms with E-state index in [0.29, 0.717) is 0 Å². The lowest BCUT2D eigenvalue weighted by molar-refractivity contribution is -0.115. The fraction of sp³-hybridized carbons (Fsp3) is 0.500. The summed E-state index contributed by atoms with van der Waals surface area (Å²) in [7, 11) is 0. The van der Waals surface area contributed by atoms with Crippen molar-refractivity contribution >= 4 is 17.2 Å². The highest BCUT2D eigenvalue weighted by Crippen LogP contribution is 2.41. The second kappa shape index (κ2) is 6.02. The van der Waals surface area contributed by atoms with Gasteiger partial charge in [-0.25, -0.2) is 0 Å². The number of aromatic nitrogens is 1. The summed E-state index contributed by atoms with van der Waals surface area (Å²) < 4.78 is 0. The van der Waals surface area contributed by atoms with Crippen molar-refractivity contribution < 1.29 is 6.22 Å². The predicted molar refractivity (Wildman–Crippen MR) is 88.6 cm³/mol. The summed E-state index contributed by atoms with van der Waals surface area (Å²) in [6.07, 6.45) is 4.44. The van der Waals surface area contributed by atoms with Gasteiger partial charge in [0.25, 0.3) is 0 Å². The van der Waals surface area contributed by atoms with Crippen LogP contribution in [0.3, 0.4) is 0 Å². The zero-order valence-corrected chi connectivity index (χ0v) is 12.9. The normalized spacial score (nSPS) is 24.7. The van der Waals surface area contributed by atoms with Crippen LogP contribution in [0.25, 0.3) is 10.9 Å². The van der Waals surface area contributed by atoms with Crippen LogP contribution in [0, 0.1) is 5.92 Å². The van der Waals surface area contributed by atoms with E-state index >= 15 is 0 Å². The molecule has 1 saturated heterocycles. The molecule has 1 N–H and O–H groups in total. The van der Waals surface area contributed by atoms with E-state index in [1.54, 1.807) is 0 Å². The molecule has 0 spiro atoms. The van der Waals surface area contributed by atoms with Crippen molar-refractivity contribution in [2.75, 3.05) is 13.1 Å². The van der Waals surface area contributed by atoms with E-state index in [0.717, 1.165) is 38.6 Å². The second-order valence-corrected chi connectivity index (χ2v) is 5.74. The van der Waals surface area contributed by atoms with Gasteiger partial charge in [0.1, 0.15) is 6.29 Å². The number of carbonyl (C=O) groups is 1. The van der Waals surface area contributed by atoms with Crippen molar-refractivity contribution in [1.29, 1.82) is 0 Å². The minimum absolute atomic E-state index is 0. The first-order valence-electron chi connectivity index (χ1n) is 8.17. The maximum Gasteiger partial charge on any atom is 0.125 e. The zero-order chi connectivity index (χ0) is 14.8. The van der Waals surface area contributed by atoms with Crippen LogP contribution in [-0.4, -0.2) is 29.3 Å². The van der Waals surface area contributed by atoms with Crippen molar-refractivity contribution in [1.82, 2.24) is 9.88 Å². The monoisotopic (exact) mass is 286 g/mol. The Kier molecular flexibility index (Phi) is 4.11. The van der Waals surface area contributed by atoms with Crippen LogP contribution >= 0.6 is 0 Å². The fourth-order valence-corrected chi connectivity index (χ4v) is 3.89. The molecule has 2 aliphatic rings. The van der Waals surface area contributed by atoms with Gasteiger partial charge in [-0.15, -0.1) is 0 Å². The summed E-state index contributed by atoms with van der Waals surface area (Å²) in [5, 5.41) is 1.34. The quantitative estimate of drug-likeness (QED) is 0.806. The number of nitrogens with zero attached hydrogens (tertiary/aromatic N) is 1. The average molecular weight is 286 g/mol. The van der Waals surface area contributed by atoms with Gasteiger partial charge in [0.15, 0.2) is 0 Å². The number of H-pyrrole nitrogens is 1. The number of aromatic amines is 1. The molecule has 4 rings (SSSR count). The molecule has 2 unspecified atom stereocenters. The van der Waals surface area contributed by atoms with Crippen LogP contribution in [0.2, 0.25) is 0 Å². The molecule has 2 aliphatic heterocycles. The molecular weight excluding hydrogens is 260 g/mol. The lowest BCUT2D eigenvalue weighted by Crippen LogP contribution is -2.43. The molecule has 114 valence electrons. The van der Waals surface area contributed by atoms with Crippen molar-refractivity contribution in [2.24, 2.45) is 5.92 Å². The number of rotatable bonds is 1. The minimum atomic E-state index is 0. The first-order valence-corrected chi connectivity index (χ1v) is 8.17. The zero-order valence-electron chi connectivity index (χ0n) is 12.9. The van der Waals surface area contributed by atoms with Crippen molar-refractivity contribution in [3.05, 3.63) is 35.5 Å². The first kappa shape index (κ1) is 14.3. The molecule has 0 aliphatic carbocycles. The molecular formula is C18H26N2O. The van der Waals surface area contributed by atoms with Crippen molar-refractivity contribution in [2.45, 2.75) is 39.2 Å². The lowest BCUT2D eigenvalue weighted by Gasteiger charge is -2.42. The van der Waals surface area contributed by atoms with E-state index in [9.17, 15) is 4.79 Å². The molecule has 1 aromatic carbocycles. The van der Waals surface area contributed by atoms with Gasteiger partial charge >= 0.3 is 0 Å². The lowest BCUT2D eigenvalue weighted by atomic mass is 9.83. The van der Waals surface area contributed by atoms with E-state index in [1.807, 2.05) is 13.8 Å². The van der Waals surface area contributed by atoms with E-state index < -0.39 is 0 Å². The van der Waals surface area contributed by atoms with Crippen LogP contribution in [0.5, 0.6) is 0 Å². The highest BCUT2D eigenvalue weighted by Gasteiger charge is 2.37. The molecule has 3 heterocycles. The summed E-state index contributed by atoms with van der Waals surface area (Å²) in [5.74, 6) is 0.154. The summed E-state index contributed by atoms with van der Waals surface area (Å²) in [6, 6.07) is 8.78. The summed E-state index contributed by atoms with van der Waals surface area (Å²) in [5.41, 5.74) is 3.94. The largest absolute Gasteiger partial charge is 0.357 e. The minimum Gasteiger partial charge on any atom is -0.357 e. The molecule has 1 aromatic heterocycles. The van der Waals surface area contributed by atoms with E-state index in [2.05, 4.69) is 34.1 Å². The Labute approximate surface area is 127 Å². The van der Waals surface area contributed by atoms with E-state index in [-0.39, 0.29) is 13.4 Å². The van der Waals surface area contributed by atoms with Gasteiger partial charge in [-0.05, 0) is 37.4 Å². The van der Waals surface area contributed by atoms with Crippen LogP contribution in [0.15, 0.2) is 24.3 Å². The van der Waals surface area contributed by atoms with E-state index in [4.69, 9.17) is 0 Å². The smallest absolute Gasteiger partial charge is 0.125 e. The molecule has 3 nitrogen and oxygen atoms in total. The van der Waals surface area contributed by atoms with Crippen molar-refractivity contribution in [3.63, 3.8) is 0 Å². The Morgan fingerprint density at radius 2 is 2.10 bits per heavy atom. The Morgan fingerprint density at radius 3 is 2.90 bits per heavy atom. The average Bonchev–Trinajstić information content (AvgIpc) is 2.95. The van der Waals surface area contributed by atoms with Crippen molar-refractivity contribution in [3.8, 4) is 0 Å². The van der Waals surface area contributed by atoms with Gasteiger partial charge in [0, 0.05) is 30.5 Å². The van der Waals surface area contributed by atoms with Gasteiger partial charge < -0.3 is 9.78 Å². The maximum atomic E-state index is 11.4. The molecule has 2 atom stereocenters. The fourth-order valence-electron chi connectivity index (χ4n) is 3.89. The number of hydrogen-bond acceptors (Lipinski definition) is 2. The second-order valence-electron chi connectivity index (χ2n) is 5.74. The number of aldehydes is 1. The molecule has 0 bridgehead atoms. The number of para-hydroxylation sites is 1. The third-order valence-electron chi connectivity index (χ3n) is 4.75. The summed E-state index contributed by atoms with van der Waals surface area (Å²) in [4.78, 5) is 17.5. The first-order chi connectivity index (χ1) is 10.4. The highest BCUT2D eigenvalue weighted by atomic mass is 16.1.